The van der Waals surface area contributed by atoms with Crippen molar-refractivity contribution in [2.75, 3.05) is 6.54 Å². The third-order valence-electron chi connectivity index (χ3n) is 5.02. The minimum Gasteiger partial charge on any atom is -0.349 e. The smallest absolute Gasteiger partial charge is 0.349 e. The van der Waals surface area contributed by atoms with Crippen LogP contribution in [0.5, 0.6) is 0 Å². The number of hydrogen-bond donors (Lipinski definition) is 3. The molecule has 30 heavy (non-hydrogen) atoms. The van der Waals surface area contributed by atoms with E-state index in [1.165, 1.54) is 12.1 Å². The minimum atomic E-state index is -4.56. The van der Waals surface area contributed by atoms with E-state index >= 15 is 0 Å². The van der Waals surface area contributed by atoms with Gasteiger partial charge in [0.25, 0.3) is 11.8 Å². The van der Waals surface area contributed by atoms with Gasteiger partial charge in [0.2, 0.25) is 0 Å². The van der Waals surface area contributed by atoms with Gasteiger partial charge in [-0.2, -0.15) is 13.2 Å². The standard InChI is InChI=1S/C20H19F3N4O3/c1-11(2)19(17(29)26-18(30)27-19)10-25-16(28)14-6-4-3-5-13(14)12-7-8-15(24-9-12)20(21,22)23/h3-9,11H,10H2,1-2H3,(H,25,28)(H2,26,27,29,30). The highest BCUT2D eigenvalue weighted by atomic mass is 19.4. The zero-order valence-electron chi connectivity index (χ0n) is 16.1. The molecular weight excluding hydrogens is 401 g/mol. The second kappa shape index (κ2) is 7.77. The van der Waals surface area contributed by atoms with Crippen LogP contribution in [0.1, 0.15) is 29.9 Å². The summed E-state index contributed by atoms with van der Waals surface area (Å²) in [5.41, 5.74) is -1.41. The number of benzene rings is 1. The molecule has 7 nitrogen and oxygen atoms in total. The van der Waals surface area contributed by atoms with Crippen molar-refractivity contribution in [3.05, 3.63) is 53.9 Å². The number of urea groups is 1. The van der Waals surface area contributed by atoms with Crippen molar-refractivity contribution in [2.24, 2.45) is 5.92 Å². The maximum Gasteiger partial charge on any atom is 0.433 e. The minimum absolute atomic E-state index is 0.152. The molecule has 4 amide bonds. The fourth-order valence-electron chi connectivity index (χ4n) is 3.21. The highest BCUT2D eigenvalue weighted by Crippen LogP contribution is 2.30. The molecule has 1 unspecified atom stereocenters. The number of nitrogens with zero attached hydrogens (tertiary/aromatic N) is 1. The molecule has 0 bridgehead atoms. The van der Waals surface area contributed by atoms with Crippen LogP contribution in [0.4, 0.5) is 18.0 Å². The molecule has 158 valence electrons. The Balaban J connectivity index is 1.84. The zero-order chi connectivity index (χ0) is 22.1. The lowest BCUT2D eigenvalue weighted by atomic mass is 9.86. The van der Waals surface area contributed by atoms with Crippen molar-refractivity contribution in [3.63, 3.8) is 0 Å². The Morgan fingerprint density at radius 3 is 2.40 bits per heavy atom. The molecule has 1 aromatic heterocycles. The number of carbonyl (C=O) groups excluding carboxylic acids is 3. The number of amides is 4. The van der Waals surface area contributed by atoms with Crippen molar-refractivity contribution in [1.29, 1.82) is 0 Å². The first-order chi connectivity index (χ1) is 14.0. The molecule has 0 saturated carbocycles. The number of pyridine rings is 1. The highest BCUT2D eigenvalue weighted by molar-refractivity contribution is 6.08. The van der Waals surface area contributed by atoms with Gasteiger partial charge in [-0.1, -0.05) is 38.1 Å². The largest absolute Gasteiger partial charge is 0.433 e. The Morgan fingerprint density at radius 2 is 1.87 bits per heavy atom. The number of rotatable bonds is 5. The van der Waals surface area contributed by atoms with Gasteiger partial charge in [-0.05, 0) is 23.6 Å². The van der Waals surface area contributed by atoms with Crippen LogP contribution in [0, 0.1) is 5.92 Å². The Kier molecular flexibility index (Phi) is 5.51. The fourth-order valence-corrected chi connectivity index (χ4v) is 3.21. The van der Waals surface area contributed by atoms with Crippen molar-refractivity contribution in [3.8, 4) is 11.1 Å². The molecular formula is C20H19F3N4O3. The van der Waals surface area contributed by atoms with E-state index in [1.807, 2.05) is 0 Å². The number of nitrogens with one attached hydrogen (secondary N) is 3. The Bertz CT molecular complexity index is 990. The predicted octanol–water partition coefficient (Wildman–Crippen LogP) is 2.73. The van der Waals surface area contributed by atoms with Crippen LogP contribution in [0.2, 0.25) is 0 Å². The van der Waals surface area contributed by atoms with Crippen LogP contribution in [0.25, 0.3) is 11.1 Å². The summed E-state index contributed by atoms with van der Waals surface area (Å²) in [6, 6.07) is 7.79. The average Bonchev–Trinajstić information content (AvgIpc) is 3.00. The molecule has 0 aliphatic carbocycles. The molecule has 0 radical (unpaired) electrons. The van der Waals surface area contributed by atoms with E-state index in [4.69, 9.17) is 0 Å². The van der Waals surface area contributed by atoms with Gasteiger partial charge in [-0.25, -0.2) is 4.79 Å². The number of alkyl halides is 3. The zero-order valence-corrected chi connectivity index (χ0v) is 16.1. The molecule has 1 aliphatic heterocycles. The monoisotopic (exact) mass is 420 g/mol. The topological polar surface area (TPSA) is 100 Å². The van der Waals surface area contributed by atoms with Gasteiger partial charge < -0.3 is 10.6 Å². The Hall–Kier alpha value is -3.43. The molecule has 1 saturated heterocycles. The van der Waals surface area contributed by atoms with Crippen LogP contribution in [-0.2, 0) is 11.0 Å². The summed E-state index contributed by atoms with van der Waals surface area (Å²) in [5.74, 6) is -1.39. The first kappa shape index (κ1) is 21.3. The molecule has 0 spiro atoms. The van der Waals surface area contributed by atoms with Crippen molar-refractivity contribution >= 4 is 17.8 Å². The second-order valence-corrected chi connectivity index (χ2v) is 7.19. The van der Waals surface area contributed by atoms with Gasteiger partial charge in [0.1, 0.15) is 11.2 Å². The van der Waals surface area contributed by atoms with E-state index in [-0.39, 0.29) is 18.0 Å². The third kappa shape index (κ3) is 3.98. The molecule has 1 fully saturated rings. The second-order valence-electron chi connectivity index (χ2n) is 7.19. The van der Waals surface area contributed by atoms with Gasteiger partial charge in [0.05, 0.1) is 6.54 Å². The predicted molar refractivity (Wildman–Crippen MR) is 101 cm³/mol. The van der Waals surface area contributed by atoms with Crippen LogP contribution >= 0.6 is 0 Å². The van der Waals surface area contributed by atoms with Crippen LogP contribution < -0.4 is 16.0 Å². The summed E-state index contributed by atoms with van der Waals surface area (Å²) in [6.07, 6.45) is -3.51. The maximum absolute atomic E-state index is 12.8. The molecule has 2 aromatic rings. The molecule has 1 atom stereocenters. The van der Waals surface area contributed by atoms with E-state index in [2.05, 4.69) is 20.9 Å². The van der Waals surface area contributed by atoms with E-state index in [0.29, 0.717) is 11.1 Å². The van der Waals surface area contributed by atoms with Gasteiger partial charge in [0.15, 0.2) is 0 Å². The summed E-state index contributed by atoms with van der Waals surface area (Å²) < 4.78 is 38.2. The number of imide groups is 1. The van der Waals surface area contributed by atoms with E-state index in [9.17, 15) is 27.6 Å². The first-order valence-electron chi connectivity index (χ1n) is 9.09. The van der Waals surface area contributed by atoms with E-state index < -0.39 is 35.3 Å². The number of carbonyl (C=O) groups is 3. The Labute approximate surface area is 170 Å². The molecule has 10 heteroatoms. The number of hydrogen-bond acceptors (Lipinski definition) is 4. The lowest BCUT2D eigenvalue weighted by Gasteiger charge is -2.30. The van der Waals surface area contributed by atoms with Crippen molar-refractivity contribution in [1.82, 2.24) is 20.9 Å². The molecule has 3 N–H and O–H groups in total. The molecule has 1 aliphatic rings. The Morgan fingerprint density at radius 1 is 1.17 bits per heavy atom. The fraction of sp³-hybridized carbons (Fsp3) is 0.300. The van der Waals surface area contributed by atoms with Gasteiger partial charge in [0, 0.05) is 17.3 Å². The lowest BCUT2D eigenvalue weighted by Crippen LogP contribution is -2.58. The molecule has 1 aromatic carbocycles. The van der Waals surface area contributed by atoms with Crippen LogP contribution in [0.3, 0.4) is 0 Å². The van der Waals surface area contributed by atoms with E-state index in [0.717, 1.165) is 12.3 Å². The average molecular weight is 420 g/mol. The third-order valence-corrected chi connectivity index (χ3v) is 5.02. The van der Waals surface area contributed by atoms with Crippen molar-refractivity contribution < 1.29 is 27.6 Å². The quantitative estimate of drug-likeness (QED) is 0.648. The number of aromatic nitrogens is 1. The van der Waals surface area contributed by atoms with Crippen molar-refractivity contribution in [2.45, 2.75) is 25.6 Å². The van der Waals surface area contributed by atoms with Gasteiger partial charge >= 0.3 is 12.2 Å². The summed E-state index contributed by atoms with van der Waals surface area (Å²) in [6.45, 7) is 3.32. The molecule has 3 rings (SSSR count). The normalized spacial score (nSPS) is 18.9. The molecule has 2 heterocycles. The maximum atomic E-state index is 12.8. The SMILES string of the molecule is CC(C)C1(CNC(=O)c2ccccc2-c2ccc(C(F)(F)F)nc2)NC(=O)NC1=O. The van der Waals surface area contributed by atoms with Crippen LogP contribution in [-0.4, -0.2) is 34.9 Å². The summed E-state index contributed by atoms with van der Waals surface area (Å²) >= 11 is 0. The summed E-state index contributed by atoms with van der Waals surface area (Å²) in [5, 5.41) is 7.37. The van der Waals surface area contributed by atoms with Crippen LogP contribution in [0.15, 0.2) is 42.6 Å². The van der Waals surface area contributed by atoms with Gasteiger partial charge in [-0.3, -0.25) is 19.9 Å². The summed E-state index contributed by atoms with van der Waals surface area (Å²) in [7, 11) is 0. The lowest BCUT2D eigenvalue weighted by molar-refractivity contribution is -0.141. The number of halogens is 3. The first-order valence-corrected chi connectivity index (χ1v) is 9.09. The highest BCUT2D eigenvalue weighted by Gasteiger charge is 2.48. The van der Waals surface area contributed by atoms with Gasteiger partial charge in [-0.15, -0.1) is 0 Å². The summed E-state index contributed by atoms with van der Waals surface area (Å²) in [4.78, 5) is 40.1. The van der Waals surface area contributed by atoms with E-state index in [1.54, 1.807) is 32.0 Å².